The number of aromatic nitrogens is 2. The number of nitrogens with one attached hydrogen (secondary N) is 2. The molecule has 0 saturated carbocycles. The van der Waals surface area contributed by atoms with Gasteiger partial charge in [0, 0.05) is 34.6 Å². The summed E-state index contributed by atoms with van der Waals surface area (Å²) in [4.78, 5) is 34.8. The average Bonchev–Trinajstić information content (AvgIpc) is 3.48. The summed E-state index contributed by atoms with van der Waals surface area (Å²) in [5.74, 6) is -0.348. The number of thiophene rings is 1. The standard InChI is InChI=1S/C24H23N5O3S2/c1-15(19-5-3-4-11-25-19)27-20-8-6-17(13-22(20)29(31)32)24(30)26-12-10-18-7-9-23(34-18)21-14-33-16(2)28-21/h3-9,11,13-15,27H,10,12H2,1-2H3,(H,26,30). The monoisotopic (exact) mass is 493 g/mol. The van der Waals surface area contributed by atoms with Crippen molar-refractivity contribution in [2.24, 2.45) is 0 Å². The SMILES string of the molecule is Cc1nc(-c2ccc(CCNC(=O)c3ccc(NC(C)c4ccccn4)c([N+](=O)[O-])c3)s2)cs1. The molecule has 2 N–H and O–H groups in total. The second-order valence-electron chi connectivity index (χ2n) is 7.63. The fraction of sp³-hybridized carbons (Fsp3) is 0.208. The smallest absolute Gasteiger partial charge is 0.293 e. The van der Waals surface area contributed by atoms with Gasteiger partial charge in [0.15, 0.2) is 0 Å². The zero-order chi connectivity index (χ0) is 24.1. The van der Waals surface area contributed by atoms with Crippen LogP contribution in [0.1, 0.15) is 38.9 Å². The van der Waals surface area contributed by atoms with Crippen LogP contribution in [0.3, 0.4) is 0 Å². The van der Waals surface area contributed by atoms with Crippen LogP contribution in [0, 0.1) is 17.0 Å². The molecule has 0 spiro atoms. The molecule has 0 aliphatic heterocycles. The lowest BCUT2D eigenvalue weighted by molar-refractivity contribution is -0.384. The van der Waals surface area contributed by atoms with E-state index in [9.17, 15) is 14.9 Å². The van der Waals surface area contributed by atoms with E-state index in [-0.39, 0.29) is 23.2 Å². The van der Waals surface area contributed by atoms with E-state index < -0.39 is 4.92 Å². The summed E-state index contributed by atoms with van der Waals surface area (Å²) in [6.07, 6.45) is 2.34. The third kappa shape index (κ3) is 5.64. The van der Waals surface area contributed by atoms with Crippen molar-refractivity contribution in [3.63, 3.8) is 0 Å². The molecule has 1 unspecified atom stereocenters. The zero-order valence-corrected chi connectivity index (χ0v) is 20.3. The van der Waals surface area contributed by atoms with Gasteiger partial charge >= 0.3 is 0 Å². The number of hydrogen-bond acceptors (Lipinski definition) is 8. The third-order valence-electron chi connectivity index (χ3n) is 5.15. The number of anilines is 1. The van der Waals surface area contributed by atoms with E-state index in [1.807, 2.05) is 49.6 Å². The van der Waals surface area contributed by atoms with Crippen molar-refractivity contribution in [2.45, 2.75) is 26.3 Å². The number of thiazole rings is 1. The Morgan fingerprint density at radius 2 is 2.06 bits per heavy atom. The first-order valence-electron chi connectivity index (χ1n) is 10.7. The van der Waals surface area contributed by atoms with Crippen molar-refractivity contribution < 1.29 is 9.72 Å². The number of carbonyl (C=O) groups is 1. The van der Waals surface area contributed by atoms with Crippen LogP contribution in [0.2, 0.25) is 0 Å². The maximum atomic E-state index is 12.6. The lowest BCUT2D eigenvalue weighted by Crippen LogP contribution is -2.25. The van der Waals surface area contributed by atoms with E-state index >= 15 is 0 Å². The van der Waals surface area contributed by atoms with Crippen LogP contribution in [-0.2, 0) is 6.42 Å². The minimum Gasteiger partial charge on any atom is -0.371 e. The fourth-order valence-corrected chi connectivity index (χ4v) is 5.07. The largest absolute Gasteiger partial charge is 0.371 e. The van der Waals surface area contributed by atoms with Gasteiger partial charge < -0.3 is 10.6 Å². The molecule has 8 nitrogen and oxygen atoms in total. The molecule has 0 radical (unpaired) electrons. The number of nitrogens with zero attached hydrogens (tertiary/aromatic N) is 3. The Hall–Kier alpha value is -3.63. The van der Waals surface area contributed by atoms with Crippen molar-refractivity contribution in [1.82, 2.24) is 15.3 Å². The Morgan fingerprint density at radius 3 is 2.76 bits per heavy atom. The minimum atomic E-state index is -0.488. The van der Waals surface area contributed by atoms with Gasteiger partial charge in [-0.05, 0) is 56.7 Å². The molecule has 4 aromatic rings. The normalized spacial score (nSPS) is 11.7. The summed E-state index contributed by atoms with van der Waals surface area (Å²) in [6.45, 7) is 4.28. The van der Waals surface area contributed by atoms with Crippen LogP contribution >= 0.6 is 22.7 Å². The number of nitro groups is 1. The first-order valence-corrected chi connectivity index (χ1v) is 12.4. The van der Waals surface area contributed by atoms with E-state index in [2.05, 4.69) is 20.6 Å². The topological polar surface area (TPSA) is 110 Å². The Labute approximate surface area is 204 Å². The molecule has 1 atom stereocenters. The molecule has 174 valence electrons. The quantitative estimate of drug-likeness (QED) is 0.231. The first-order chi connectivity index (χ1) is 16.4. The third-order valence-corrected chi connectivity index (χ3v) is 7.09. The van der Waals surface area contributed by atoms with Crippen molar-refractivity contribution >= 4 is 40.0 Å². The van der Waals surface area contributed by atoms with Crippen molar-refractivity contribution in [2.75, 3.05) is 11.9 Å². The van der Waals surface area contributed by atoms with Crippen LogP contribution in [0.15, 0.2) is 60.1 Å². The van der Waals surface area contributed by atoms with Gasteiger partial charge in [0.2, 0.25) is 0 Å². The highest BCUT2D eigenvalue weighted by atomic mass is 32.1. The number of carbonyl (C=O) groups excluding carboxylic acids is 1. The molecule has 4 rings (SSSR count). The van der Waals surface area contributed by atoms with E-state index in [1.165, 1.54) is 6.07 Å². The van der Waals surface area contributed by atoms with Crippen LogP contribution in [0.25, 0.3) is 10.6 Å². The number of rotatable bonds is 9. The summed E-state index contributed by atoms with van der Waals surface area (Å²) in [7, 11) is 0. The highest BCUT2D eigenvalue weighted by molar-refractivity contribution is 7.16. The Balaban J connectivity index is 1.38. The van der Waals surface area contributed by atoms with Crippen molar-refractivity contribution in [1.29, 1.82) is 0 Å². The highest BCUT2D eigenvalue weighted by Gasteiger charge is 2.19. The molecule has 34 heavy (non-hydrogen) atoms. The highest BCUT2D eigenvalue weighted by Crippen LogP contribution is 2.30. The molecule has 10 heteroatoms. The lowest BCUT2D eigenvalue weighted by Gasteiger charge is -2.15. The van der Waals surface area contributed by atoms with Crippen LogP contribution in [0.5, 0.6) is 0 Å². The van der Waals surface area contributed by atoms with Gasteiger partial charge in [0.1, 0.15) is 5.69 Å². The predicted molar refractivity (Wildman–Crippen MR) is 136 cm³/mol. The molecule has 0 bridgehead atoms. The van der Waals surface area contributed by atoms with Crippen molar-refractivity contribution in [3.8, 4) is 10.6 Å². The number of hydrogen-bond donors (Lipinski definition) is 2. The first kappa shape index (κ1) is 23.5. The molecular formula is C24H23N5O3S2. The summed E-state index contributed by atoms with van der Waals surface area (Å²) in [5.41, 5.74) is 2.16. The van der Waals surface area contributed by atoms with E-state index in [4.69, 9.17) is 0 Å². The molecule has 0 aliphatic rings. The lowest BCUT2D eigenvalue weighted by atomic mass is 10.1. The minimum absolute atomic E-state index is 0.156. The van der Waals surface area contributed by atoms with Gasteiger partial charge in [0.25, 0.3) is 11.6 Å². The van der Waals surface area contributed by atoms with Crippen LogP contribution in [0.4, 0.5) is 11.4 Å². The predicted octanol–water partition coefficient (Wildman–Crippen LogP) is 5.63. The maximum Gasteiger partial charge on any atom is 0.293 e. The molecule has 0 fully saturated rings. The van der Waals surface area contributed by atoms with E-state index in [0.29, 0.717) is 18.7 Å². The van der Waals surface area contributed by atoms with Gasteiger partial charge in [-0.2, -0.15) is 0 Å². The summed E-state index contributed by atoms with van der Waals surface area (Å²) < 4.78 is 0. The number of pyridine rings is 1. The van der Waals surface area contributed by atoms with Gasteiger partial charge in [-0.3, -0.25) is 19.9 Å². The van der Waals surface area contributed by atoms with Crippen LogP contribution in [-0.4, -0.2) is 27.3 Å². The van der Waals surface area contributed by atoms with Crippen molar-refractivity contribution in [3.05, 3.63) is 91.4 Å². The van der Waals surface area contributed by atoms with Crippen LogP contribution < -0.4 is 10.6 Å². The Bertz CT molecular complexity index is 1300. The molecule has 3 aromatic heterocycles. The van der Waals surface area contributed by atoms with Gasteiger partial charge in [-0.15, -0.1) is 22.7 Å². The fourth-order valence-electron chi connectivity index (χ4n) is 3.41. The van der Waals surface area contributed by atoms with E-state index in [1.54, 1.807) is 41.0 Å². The number of benzene rings is 1. The number of aryl methyl sites for hydroxylation is 1. The second-order valence-corrected chi connectivity index (χ2v) is 9.86. The molecule has 3 heterocycles. The zero-order valence-electron chi connectivity index (χ0n) is 18.6. The van der Waals surface area contributed by atoms with Gasteiger partial charge in [0.05, 0.1) is 32.2 Å². The van der Waals surface area contributed by atoms with Gasteiger partial charge in [-0.1, -0.05) is 6.07 Å². The number of nitro benzene ring substituents is 1. The summed E-state index contributed by atoms with van der Waals surface area (Å²) in [6, 6.07) is 13.8. The molecule has 0 aliphatic carbocycles. The van der Waals surface area contributed by atoms with Gasteiger partial charge in [-0.25, -0.2) is 4.98 Å². The average molecular weight is 494 g/mol. The molecular weight excluding hydrogens is 470 g/mol. The second kappa shape index (κ2) is 10.5. The molecule has 1 aromatic carbocycles. The van der Waals surface area contributed by atoms with E-state index in [0.717, 1.165) is 26.1 Å². The Kier molecular flexibility index (Phi) is 7.29. The molecule has 1 amide bonds. The summed E-state index contributed by atoms with van der Waals surface area (Å²) >= 11 is 3.27. The maximum absolute atomic E-state index is 12.6. The Morgan fingerprint density at radius 1 is 1.21 bits per heavy atom. The number of amides is 1. The summed E-state index contributed by atoms with van der Waals surface area (Å²) in [5, 5.41) is 20.7. The molecule has 0 saturated heterocycles.